The molecule has 1 aromatic heterocycles. The molecular formula is C15H14ClN3O. The summed E-state index contributed by atoms with van der Waals surface area (Å²) in [4.78, 5) is 16.5. The lowest BCUT2D eigenvalue weighted by atomic mass is 9.91. The van der Waals surface area contributed by atoms with E-state index in [1.54, 1.807) is 6.07 Å². The average Bonchev–Trinajstić information content (AvgIpc) is 2.48. The van der Waals surface area contributed by atoms with Gasteiger partial charge in [-0.15, -0.1) is 0 Å². The molecule has 2 heterocycles. The normalized spacial score (nSPS) is 17.6. The van der Waals surface area contributed by atoms with E-state index in [9.17, 15) is 4.79 Å². The van der Waals surface area contributed by atoms with Crippen molar-refractivity contribution >= 4 is 23.2 Å². The van der Waals surface area contributed by atoms with Gasteiger partial charge in [-0.1, -0.05) is 35.9 Å². The van der Waals surface area contributed by atoms with Crippen molar-refractivity contribution in [1.29, 1.82) is 0 Å². The van der Waals surface area contributed by atoms with Crippen molar-refractivity contribution in [3.63, 3.8) is 0 Å². The summed E-state index contributed by atoms with van der Waals surface area (Å²) in [6.45, 7) is 0.681. The number of carbonyl (C=O) groups is 1. The molecule has 4 nitrogen and oxygen atoms in total. The van der Waals surface area contributed by atoms with Crippen molar-refractivity contribution in [3.05, 3.63) is 58.2 Å². The van der Waals surface area contributed by atoms with E-state index in [2.05, 4.69) is 22.4 Å². The molecule has 5 heteroatoms. The lowest BCUT2D eigenvalue weighted by molar-refractivity contribution is 0.0938. The van der Waals surface area contributed by atoms with Gasteiger partial charge < -0.3 is 11.1 Å². The molecule has 3 N–H and O–H groups in total. The monoisotopic (exact) mass is 287 g/mol. The smallest absolute Gasteiger partial charge is 0.183 e. The zero-order chi connectivity index (χ0) is 14.1. The van der Waals surface area contributed by atoms with E-state index in [0.29, 0.717) is 23.6 Å². The Bertz CT molecular complexity index is 672. The minimum Gasteiger partial charge on any atom is -0.383 e. The van der Waals surface area contributed by atoms with Gasteiger partial charge in [-0.25, -0.2) is 4.98 Å². The number of hydrogen-bond donors (Lipinski definition) is 2. The number of Topliss-reactive ketones (excluding diaryl/α,β-unsaturated/α-hetero) is 1. The van der Waals surface area contributed by atoms with Gasteiger partial charge >= 0.3 is 0 Å². The summed E-state index contributed by atoms with van der Waals surface area (Å²) in [5.41, 5.74) is 8.58. The van der Waals surface area contributed by atoms with Gasteiger partial charge in [0.2, 0.25) is 0 Å². The van der Waals surface area contributed by atoms with Crippen LogP contribution in [0.25, 0.3) is 0 Å². The van der Waals surface area contributed by atoms with Crippen LogP contribution in [0.5, 0.6) is 0 Å². The van der Waals surface area contributed by atoms with Crippen LogP contribution in [0, 0.1) is 0 Å². The fourth-order valence-electron chi connectivity index (χ4n) is 2.47. The minimum atomic E-state index is -0.285. The molecule has 0 saturated carbocycles. The third-order valence-electron chi connectivity index (χ3n) is 3.55. The topological polar surface area (TPSA) is 68.0 Å². The summed E-state index contributed by atoms with van der Waals surface area (Å²) in [5.74, 6) is 0.159. The van der Waals surface area contributed by atoms with Crippen LogP contribution >= 0.6 is 11.6 Å². The van der Waals surface area contributed by atoms with E-state index in [4.69, 9.17) is 17.3 Å². The molecule has 2 aromatic rings. The predicted molar refractivity (Wildman–Crippen MR) is 78.8 cm³/mol. The third kappa shape index (κ3) is 2.40. The number of pyridine rings is 1. The number of hydrogen-bond acceptors (Lipinski definition) is 4. The lowest BCUT2D eigenvalue weighted by Gasteiger charge is -2.25. The summed E-state index contributed by atoms with van der Waals surface area (Å²) in [5, 5.41) is 3.66. The highest BCUT2D eigenvalue weighted by molar-refractivity contribution is 6.31. The third-order valence-corrected chi connectivity index (χ3v) is 3.76. The summed E-state index contributed by atoms with van der Waals surface area (Å²) >= 11 is 5.89. The van der Waals surface area contributed by atoms with Gasteiger partial charge in [0.1, 0.15) is 5.82 Å². The summed E-state index contributed by atoms with van der Waals surface area (Å²) in [6, 6.07) is 9.40. The van der Waals surface area contributed by atoms with E-state index in [1.807, 2.05) is 12.1 Å². The molecule has 0 amide bonds. The van der Waals surface area contributed by atoms with Crippen LogP contribution in [-0.2, 0) is 13.0 Å². The number of aromatic nitrogens is 1. The first-order chi connectivity index (χ1) is 9.65. The molecule has 102 valence electrons. The van der Waals surface area contributed by atoms with Gasteiger partial charge in [-0.2, -0.15) is 0 Å². The first kappa shape index (κ1) is 13.1. The molecule has 1 unspecified atom stereocenters. The van der Waals surface area contributed by atoms with Crippen LogP contribution < -0.4 is 11.1 Å². The Balaban J connectivity index is 1.88. The molecule has 0 bridgehead atoms. The van der Waals surface area contributed by atoms with Gasteiger partial charge in [0.15, 0.2) is 5.78 Å². The Morgan fingerprint density at radius 1 is 1.35 bits per heavy atom. The number of anilines is 1. The Hall–Kier alpha value is -1.91. The molecule has 1 aliphatic heterocycles. The molecule has 20 heavy (non-hydrogen) atoms. The number of nitrogens with one attached hydrogen (secondary N) is 1. The van der Waals surface area contributed by atoms with E-state index in [0.717, 1.165) is 0 Å². The first-order valence-electron chi connectivity index (χ1n) is 6.40. The quantitative estimate of drug-likeness (QED) is 0.831. The second-order valence-electron chi connectivity index (χ2n) is 4.86. The molecule has 0 spiro atoms. The molecule has 1 aromatic carbocycles. The second kappa shape index (κ2) is 5.23. The fraction of sp³-hybridized carbons (Fsp3) is 0.200. The fourth-order valence-corrected chi connectivity index (χ4v) is 2.63. The van der Waals surface area contributed by atoms with Gasteiger partial charge in [-0.3, -0.25) is 4.79 Å². The lowest BCUT2D eigenvalue weighted by Crippen LogP contribution is -2.42. The zero-order valence-corrected chi connectivity index (χ0v) is 11.5. The van der Waals surface area contributed by atoms with Gasteiger partial charge in [0, 0.05) is 12.7 Å². The molecule has 3 rings (SSSR count). The standard InChI is InChI=1S/C15H14ClN3O/c16-11-6-12(15(17)19-8-11)14(20)13-5-9-3-1-2-4-10(9)7-18-13/h1-4,6,8,13,18H,5,7H2,(H2,17,19). The number of nitrogens with two attached hydrogens (primary N) is 1. The van der Waals surface area contributed by atoms with Crippen LogP contribution in [-0.4, -0.2) is 16.8 Å². The maximum absolute atomic E-state index is 12.5. The maximum Gasteiger partial charge on any atom is 0.183 e. The van der Waals surface area contributed by atoms with Crippen LogP contribution in [0.4, 0.5) is 5.82 Å². The number of fused-ring (bicyclic) bond motifs is 1. The molecule has 0 aliphatic carbocycles. The van der Waals surface area contributed by atoms with Crippen molar-refractivity contribution in [2.45, 2.75) is 19.0 Å². The highest BCUT2D eigenvalue weighted by Gasteiger charge is 2.26. The van der Waals surface area contributed by atoms with Crippen LogP contribution in [0.3, 0.4) is 0 Å². The molecule has 0 fully saturated rings. The number of nitrogens with zero attached hydrogens (tertiary/aromatic N) is 1. The zero-order valence-electron chi connectivity index (χ0n) is 10.8. The summed E-state index contributed by atoms with van der Waals surface area (Å²) in [7, 11) is 0. The van der Waals surface area contributed by atoms with Gasteiger partial charge in [0.25, 0.3) is 0 Å². The Labute approximate surface area is 122 Å². The average molecular weight is 288 g/mol. The van der Waals surface area contributed by atoms with E-state index in [-0.39, 0.29) is 17.6 Å². The highest BCUT2D eigenvalue weighted by Crippen LogP contribution is 2.22. The predicted octanol–water partition coefficient (Wildman–Crippen LogP) is 2.21. The van der Waals surface area contributed by atoms with Crippen molar-refractivity contribution in [2.24, 2.45) is 0 Å². The number of nitrogen functional groups attached to an aromatic ring is 1. The Kier molecular flexibility index (Phi) is 3.42. The van der Waals surface area contributed by atoms with Crippen LogP contribution in [0.2, 0.25) is 5.02 Å². The van der Waals surface area contributed by atoms with Crippen molar-refractivity contribution < 1.29 is 4.79 Å². The number of benzene rings is 1. The summed E-state index contributed by atoms with van der Waals surface area (Å²) < 4.78 is 0. The van der Waals surface area contributed by atoms with E-state index >= 15 is 0 Å². The van der Waals surface area contributed by atoms with Crippen molar-refractivity contribution in [2.75, 3.05) is 5.73 Å². The molecule has 0 radical (unpaired) electrons. The second-order valence-corrected chi connectivity index (χ2v) is 5.29. The highest BCUT2D eigenvalue weighted by atomic mass is 35.5. The minimum absolute atomic E-state index is 0.0630. The van der Waals surface area contributed by atoms with E-state index in [1.165, 1.54) is 17.3 Å². The largest absolute Gasteiger partial charge is 0.383 e. The van der Waals surface area contributed by atoms with Crippen molar-refractivity contribution in [1.82, 2.24) is 10.3 Å². The molecule has 1 atom stereocenters. The number of carbonyl (C=O) groups excluding carboxylic acids is 1. The van der Waals surface area contributed by atoms with Crippen LogP contribution in [0.1, 0.15) is 21.5 Å². The Morgan fingerprint density at radius 3 is 2.90 bits per heavy atom. The first-order valence-corrected chi connectivity index (χ1v) is 6.78. The molecule has 1 aliphatic rings. The Morgan fingerprint density at radius 2 is 2.10 bits per heavy atom. The summed E-state index contributed by atoms with van der Waals surface area (Å²) in [6.07, 6.45) is 2.10. The number of halogens is 1. The molecular weight excluding hydrogens is 274 g/mol. The van der Waals surface area contributed by atoms with Gasteiger partial charge in [0.05, 0.1) is 16.6 Å². The molecule has 0 saturated heterocycles. The van der Waals surface area contributed by atoms with Crippen LogP contribution in [0.15, 0.2) is 36.5 Å². The van der Waals surface area contributed by atoms with Crippen molar-refractivity contribution in [3.8, 4) is 0 Å². The maximum atomic E-state index is 12.5. The van der Waals surface area contributed by atoms with E-state index < -0.39 is 0 Å². The SMILES string of the molecule is Nc1ncc(Cl)cc1C(=O)C1Cc2ccccc2CN1. The number of ketones is 1. The number of rotatable bonds is 2. The van der Waals surface area contributed by atoms with Gasteiger partial charge in [-0.05, 0) is 23.6 Å².